The topological polar surface area (TPSA) is 91.4 Å². The molecule has 1 aromatic heterocycles. The number of primary amides is 1. The van der Waals surface area contributed by atoms with Gasteiger partial charge in [-0.1, -0.05) is 18.2 Å². The van der Waals surface area contributed by atoms with E-state index < -0.39 is 5.91 Å². The van der Waals surface area contributed by atoms with E-state index >= 15 is 0 Å². The van der Waals surface area contributed by atoms with Crippen molar-refractivity contribution in [3.8, 4) is 11.3 Å². The van der Waals surface area contributed by atoms with Gasteiger partial charge in [0, 0.05) is 36.9 Å². The van der Waals surface area contributed by atoms with Gasteiger partial charge in [0.05, 0.1) is 17.7 Å². The molecule has 1 unspecified atom stereocenters. The zero-order valence-electron chi connectivity index (χ0n) is 16.6. The average Bonchev–Trinajstić information content (AvgIpc) is 3.14. The van der Waals surface area contributed by atoms with Crippen LogP contribution in [0.25, 0.3) is 22.2 Å². The first-order valence-corrected chi connectivity index (χ1v) is 9.95. The Hall–Kier alpha value is -2.90. The SMILES string of the molecule is COCCNc1cccc(-c2nn(C3CCCCO3)c3cccc(C(N)=O)c23)c1. The van der Waals surface area contributed by atoms with Crippen molar-refractivity contribution in [1.82, 2.24) is 9.78 Å². The molecule has 1 fully saturated rings. The molecular weight excluding hydrogens is 368 g/mol. The van der Waals surface area contributed by atoms with Crippen LogP contribution in [0.3, 0.4) is 0 Å². The third-order valence-electron chi connectivity index (χ3n) is 5.20. The van der Waals surface area contributed by atoms with E-state index in [2.05, 4.69) is 5.32 Å². The first-order valence-electron chi connectivity index (χ1n) is 9.95. The normalized spacial score (nSPS) is 16.8. The summed E-state index contributed by atoms with van der Waals surface area (Å²) in [5, 5.41) is 9.00. The second-order valence-electron chi connectivity index (χ2n) is 7.18. The van der Waals surface area contributed by atoms with E-state index in [0.29, 0.717) is 18.7 Å². The highest BCUT2D eigenvalue weighted by molar-refractivity contribution is 6.10. The Morgan fingerprint density at radius 2 is 2.17 bits per heavy atom. The lowest BCUT2D eigenvalue weighted by Crippen LogP contribution is -2.19. The molecule has 1 aliphatic rings. The summed E-state index contributed by atoms with van der Waals surface area (Å²) < 4.78 is 13.0. The molecule has 0 bridgehead atoms. The lowest BCUT2D eigenvalue weighted by molar-refractivity contribution is -0.0365. The molecule has 0 aliphatic carbocycles. The zero-order chi connectivity index (χ0) is 20.2. The molecule has 29 heavy (non-hydrogen) atoms. The molecule has 3 N–H and O–H groups in total. The Kier molecular flexibility index (Phi) is 5.78. The van der Waals surface area contributed by atoms with Gasteiger partial charge in [-0.15, -0.1) is 0 Å². The minimum Gasteiger partial charge on any atom is -0.383 e. The van der Waals surface area contributed by atoms with Crippen LogP contribution in [0.15, 0.2) is 42.5 Å². The predicted molar refractivity (Wildman–Crippen MR) is 113 cm³/mol. The number of rotatable bonds is 7. The van der Waals surface area contributed by atoms with Crippen LogP contribution in [-0.2, 0) is 9.47 Å². The van der Waals surface area contributed by atoms with Gasteiger partial charge in [-0.2, -0.15) is 5.10 Å². The molecule has 2 aromatic carbocycles. The Bertz CT molecular complexity index is 1010. The number of carbonyl (C=O) groups is 1. The van der Waals surface area contributed by atoms with Gasteiger partial charge in [0.2, 0.25) is 5.91 Å². The van der Waals surface area contributed by atoms with E-state index in [0.717, 1.165) is 53.7 Å². The quantitative estimate of drug-likeness (QED) is 0.598. The number of hydrogen-bond donors (Lipinski definition) is 2. The van der Waals surface area contributed by atoms with Crippen molar-refractivity contribution in [2.75, 3.05) is 32.2 Å². The Balaban J connectivity index is 1.83. The molecular formula is C22H26N4O3. The second kappa shape index (κ2) is 8.63. The minimum absolute atomic E-state index is 0.133. The number of nitrogens with two attached hydrogens (primary N) is 1. The number of methoxy groups -OCH3 is 1. The summed E-state index contributed by atoms with van der Waals surface area (Å²) in [5.74, 6) is -0.463. The van der Waals surface area contributed by atoms with Gasteiger partial charge in [-0.3, -0.25) is 4.79 Å². The third-order valence-corrected chi connectivity index (χ3v) is 5.20. The van der Waals surface area contributed by atoms with Crippen LogP contribution in [0.2, 0.25) is 0 Å². The average molecular weight is 394 g/mol. The number of amides is 1. The van der Waals surface area contributed by atoms with E-state index in [1.54, 1.807) is 13.2 Å². The molecule has 1 saturated heterocycles. The molecule has 4 rings (SSSR count). The van der Waals surface area contributed by atoms with Crippen molar-refractivity contribution in [3.05, 3.63) is 48.0 Å². The van der Waals surface area contributed by atoms with Crippen LogP contribution in [0, 0.1) is 0 Å². The van der Waals surface area contributed by atoms with Gasteiger partial charge < -0.3 is 20.5 Å². The summed E-state index contributed by atoms with van der Waals surface area (Å²) in [6.07, 6.45) is 2.92. The number of fused-ring (bicyclic) bond motifs is 1. The number of nitrogens with one attached hydrogen (secondary N) is 1. The molecule has 1 atom stereocenters. The fraction of sp³-hybridized carbons (Fsp3) is 0.364. The van der Waals surface area contributed by atoms with Crippen molar-refractivity contribution in [1.29, 1.82) is 0 Å². The summed E-state index contributed by atoms with van der Waals surface area (Å²) >= 11 is 0. The second-order valence-corrected chi connectivity index (χ2v) is 7.18. The molecule has 1 aliphatic heterocycles. The Morgan fingerprint density at radius 1 is 1.31 bits per heavy atom. The number of carbonyl (C=O) groups excluding carboxylic acids is 1. The molecule has 0 radical (unpaired) electrons. The Labute approximate surface area is 169 Å². The third kappa shape index (κ3) is 3.97. The van der Waals surface area contributed by atoms with Gasteiger partial charge in [0.25, 0.3) is 0 Å². The van der Waals surface area contributed by atoms with Gasteiger partial charge in [0.1, 0.15) is 5.69 Å². The van der Waals surface area contributed by atoms with Crippen LogP contribution >= 0.6 is 0 Å². The number of benzene rings is 2. The lowest BCUT2D eigenvalue weighted by atomic mass is 10.0. The molecule has 7 nitrogen and oxygen atoms in total. The van der Waals surface area contributed by atoms with E-state index in [4.69, 9.17) is 20.3 Å². The van der Waals surface area contributed by atoms with Crippen LogP contribution in [0.4, 0.5) is 5.69 Å². The highest BCUT2D eigenvalue weighted by Crippen LogP contribution is 2.35. The standard InChI is InChI=1S/C22H26N4O3/c1-28-13-11-24-16-7-4-6-15(14-16)21-20-17(22(23)27)8-5-9-18(20)26(25-21)19-10-2-3-12-29-19/h4-9,14,19,24H,2-3,10-13H2,1H3,(H2,23,27). The van der Waals surface area contributed by atoms with Crippen molar-refractivity contribution in [3.63, 3.8) is 0 Å². The lowest BCUT2D eigenvalue weighted by Gasteiger charge is -2.23. The van der Waals surface area contributed by atoms with Crippen molar-refractivity contribution < 1.29 is 14.3 Å². The molecule has 0 saturated carbocycles. The van der Waals surface area contributed by atoms with Gasteiger partial charge in [0.15, 0.2) is 6.23 Å². The number of aromatic nitrogens is 2. The molecule has 3 aromatic rings. The van der Waals surface area contributed by atoms with Gasteiger partial charge in [-0.25, -0.2) is 4.68 Å². The van der Waals surface area contributed by atoms with Crippen molar-refractivity contribution >= 4 is 22.5 Å². The maximum Gasteiger partial charge on any atom is 0.249 e. The van der Waals surface area contributed by atoms with E-state index in [1.165, 1.54) is 0 Å². The summed E-state index contributed by atoms with van der Waals surface area (Å²) in [6.45, 7) is 2.04. The minimum atomic E-state index is -0.463. The molecule has 7 heteroatoms. The molecule has 152 valence electrons. The maximum atomic E-state index is 12.2. The fourth-order valence-electron chi connectivity index (χ4n) is 3.81. The largest absolute Gasteiger partial charge is 0.383 e. The highest BCUT2D eigenvalue weighted by atomic mass is 16.5. The van der Waals surface area contributed by atoms with E-state index in [-0.39, 0.29) is 6.23 Å². The molecule has 2 heterocycles. The van der Waals surface area contributed by atoms with Crippen LogP contribution in [0.1, 0.15) is 35.8 Å². The predicted octanol–water partition coefficient (Wildman–Crippen LogP) is 3.56. The van der Waals surface area contributed by atoms with Gasteiger partial charge in [-0.05, 0) is 43.5 Å². The van der Waals surface area contributed by atoms with E-state index in [9.17, 15) is 4.79 Å². The van der Waals surface area contributed by atoms with Crippen LogP contribution in [0.5, 0.6) is 0 Å². The molecule has 1 amide bonds. The van der Waals surface area contributed by atoms with Crippen LogP contribution in [-0.4, -0.2) is 42.6 Å². The maximum absolute atomic E-state index is 12.2. The monoisotopic (exact) mass is 394 g/mol. The fourth-order valence-corrected chi connectivity index (χ4v) is 3.81. The number of anilines is 1. The zero-order valence-corrected chi connectivity index (χ0v) is 16.6. The number of ether oxygens (including phenoxy) is 2. The van der Waals surface area contributed by atoms with Crippen molar-refractivity contribution in [2.45, 2.75) is 25.5 Å². The van der Waals surface area contributed by atoms with E-state index in [1.807, 2.05) is 41.1 Å². The van der Waals surface area contributed by atoms with Crippen LogP contribution < -0.4 is 11.1 Å². The number of nitrogens with zero attached hydrogens (tertiary/aromatic N) is 2. The van der Waals surface area contributed by atoms with Gasteiger partial charge >= 0.3 is 0 Å². The summed E-state index contributed by atoms with van der Waals surface area (Å²) in [6, 6.07) is 13.6. The first-order chi connectivity index (χ1) is 14.2. The summed E-state index contributed by atoms with van der Waals surface area (Å²) in [7, 11) is 1.68. The summed E-state index contributed by atoms with van der Waals surface area (Å²) in [5.41, 5.74) is 9.64. The summed E-state index contributed by atoms with van der Waals surface area (Å²) in [4.78, 5) is 12.2. The smallest absolute Gasteiger partial charge is 0.249 e. The first kappa shape index (κ1) is 19.4. The molecule has 0 spiro atoms. The van der Waals surface area contributed by atoms with Crippen molar-refractivity contribution in [2.24, 2.45) is 5.73 Å². The number of hydrogen-bond acceptors (Lipinski definition) is 5. The Morgan fingerprint density at radius 3 is 2.93 bits per heavy atom. The highest BCUT2D eigenvalue weighted by Gasteiger charge is 2.24.